The summed E-state index contributed by atoms with van der Waals surface area (Å²) in [5.41, 5.74) is 4.86. The Hall–Kier alpha value is -2.13. The lowest BCUT2D eigenvalue weighted by atomic mass is 9.91. The SMILES string of the molecule is CCC[C@@H]1C[C@@H](C(=O)N[C@@H]([C@H]2O[C@H](SCCOC(=O)c3ccc(N)cc3O)[C@H](O)[C@@H](O)[C@H]2O)[C@@H](C)OC)N(C)C1. The number of nitrogen functional groups attached to an aromatic ring is 1. The Morgan fingerprint density at radius 1 is 1.25 bits per heavy atom. The van der Waals surface area contributed by atoms with Crippen molar-refractivity contribution in [1.82, 2.24) is 10.2 Å². The first-order valence-electron chi connectivity index (χ1n) is 13.6. The van der Waals surface area contributed by atoms with Gasteiger partial charge < -0.3 is 45.7 Å². The number of nitrogens with two attached hydrogens (primary N) is 1. The third-order valence-electron chi connectivity index (χ3n) is 7.62. The molecule has 12 nitrogen and oxygen atoms in total. The topological polar surface area (TPSA) is 184 Å². The molecule has 0 spiro atoms. The number of likely N-dealkylation sites (tertiary alicyclic amines) is 1. The van der Waals surface area contributed by atoms with Gasteiger partial charge in [-0.25, -0.2) is 4.79 Å². The van der Waals surface area contributed by atoms with Gasteiger partial charge in [-0.1, -0.05) is 13.3 Å². The first-order valence-corrected chi connectivity index (χ1v) is 14.6. The summed E-state index contributed by atoms with van der Waals surface area (Å²) < 4.78 is 16.7. The number of thioether (sulfide) groups is 1. The molecule has 40 heavy (non-hydrogen) atoms. The molecule has 2 aliphatic heterocycles. The molecule has 0 saturated carbocycles. The number of nitrogens with one attached hydrogen (secondary N) is 1. The number of carbonyl (C=O) groups excluding carboxylic acids is 2. The molecule has 0 unspecified atom stereocenters. The van der Waals surface area contributed by atoms with E-state index >= 15 is 0 Å². The minimum Gasteiger partial charge on any atom is -0.507 e. The predicted octanol–water partition coefficient (Wildman–Crippen LogP) is 0.312. The van der Waals surface area contributed by atoms with E-state index in [1.807, 2.05) is 11.9 Å². The highest BCUT2D eigenvalue weighted by Crippen LogP contribution is 2.32. The average Bonchev–Trinajstić information content (AvgIpc) is 3.29. The highest BCUT2D eigenvalue weighted by atomic mass is 32.2. The fourth-order valence-electron chi connectivity index (χ4n) is 5.31. The number of phenolic OH excluding ortho intramolecular Hbond substituents is 1. The van der Waals surface area contributed by atoms with Gasteiger partial charge in [-0.3, -0.25) is 9.69 Å². The molecule has 3 rings (SSSR count). The standard InChI is InChI=1S/C27H43N3O9S/c1-5-6-15-11-18(30(3)13-15)25(35)29-20(14(2)37-4)24-22(33)21(32)23(34)27(39-24)40-10-9-38-26(36)17-8-7-16(28)12-19(17)31/h7-8,12,14-15,18,20-24,27,31-34H,5-6,9-11,13,28H2,1-4H3,(H,29,35)/t14-,15-,18+,20-,21+,22-,23-,24-,27-/m1/s1. The van der Waals surface area contributed by atoms with Crippen molar-refractivity contribution in [1.29, 1.82) is 0 Å². The Labute approximate surface area is 239 Å². The molecule has 13 heteroatoms. The van der Waals surface area contributed by atoms with E-state index < -0.39 is 48.0 Å². The largest absolute Gasteiger partial charge is 0.507 e. The summed E-state index contributed by atoms with van der Waals surface area (Å²) in [6.07, 6.45) is -3.32. The van der Waals surface area contributed by atoms with Gasteiger partial charge in [-0.2, -0.15) is 0 Å². The second-order valence-electron chi connectivity index (χ2n) is 10.5. The molecule has 0 aliphatic carbocycles. The number of hydrogen-bond acceptors (Lipinski definition) is 12. The van der Waals surface area contributed by atoms with Crippen LogP contribution in [-0.2, 0) is 19.0 Å². The molecule has 0 bridgehead atoms. The minimum atomic E-state index is -1.54. The highest BCUT2D eigenvalue weighted by Gasteiger charge is 2.49. The van der Waals surface area contributed by atoms with E-state index in [1.54, 1.807) is 6.92 Å². The number of likely N-dealkylation sites (N-methyl/N-ethyl adjacent to an activating group) is 1. The van der Waals surface area contributed by atoms with E-state index in [1.165, 1.54) is 25.3 Å². The lowest BCUT2D eigenvalue weighted by Crippen LogP contribution is -2.66. The number of carbonyl (C=O) groups is 2. The maximum atomic E-state index is 13.3. The van der Waals surface area contributed by atoms with Gasteiger partial charge in [0.2, 0.25) is 5.91 Å². The summed E-state index contributed by atoms with van der Waals surface area (Å²) in [5, 5.41) is 44.9. The molecule has 0 aromatic heterocycles. The number of esters is 1. The molecule has 7 N–H and O–H groups in total. The van der Waals surface area contributed by atoms with Crippen molar-refractivity contribution >= 4 is 29.3 Å². The van der Waals surface area contributed by atoms with Crippen LogP contribution >= 0.6 is 11.8 Å². The summed E-state index contributed by atoms with van der Waals surface area (Å²) in [4.78, 5) is 27.6. The second kappa shape index (κ2) is 14.7. The number of nitrogens with zero attached hydrogens (tertiary/aromatic N) is 1. The van der Waals surface area contributed by atoms with Crippen molar-refractivity contribution in [2.75, 3.05) is 38.8 Å². The number of anilines is 1. The average molecular weight is 586 g/mol. The van der Waals surface area contributed by atoms with E-state index in [0.717, 1.165) is 37.6 Å². The summed E-state index contributed by atoms with van der Waals surface area (Å²) >= 11 is 1.08. The molecule has 1 amide bonds. The summed E-state index contributed by atoms with van der Waals surface area (Å²) in [6, 6.07) is 2.92. The van der Waals surface area contributed by atoms with Crippen molar-refractivity contribution in [2.45, 2.75) is 81.1 Å². The maximum absolute atomic E-state index is 13.3. The first-order chi connectivity index (χ1) is 19.0. The lowest BCUT2D eigenvalue weighted by molar-refractivity contribution is -0.212. The van der Waals surface area contributed by atoms with Crippen molar-refractivity contribution in [2.24, 2.45) is 5.92 Å². The zero-order chi connectivity index (χ0) is 29.6. The number of ether oxygens (including phenoxy) is 3. The van der Waals surface area contributed by atoms with Crippen molar-refractivity contribution in [3.63, 3.8) is 0 Å². The van der Waals surface area contributed by atoms with E-state index in [0.29, 0.717) is 11.6 Å². The molecule has 2 heterocycles. The molecule has 9 atom stereocenters. The Bertz CT molecular complexity index is 1000. The van der Waals surface area contributed by atoms with Crippen LogP contribution in [0.4, 0.5) is 5.69 Å². The first kappa shape index (κ1) is 32.4. The Morgan fingerprint density at radius 3 is 2.62 bits per heavy atom. The molecule has 2 aliphatic rings. The number of aliphatic hydroxyl groups is 3. The van der Waals surface area contributed by atoms with Gasteiger partial charge in [0.05, 0.1) is 18.2 Å². The summed E-state index contributed by atoms with van der Waals surface area (Å²) in [7, 11) is 3.39. The van der Waals surface area contributed by atoms with Crippen molar-refractivity contribution in [3.05, 3.63) is 23.8 Å². The third-order valence-corrected chi connectivity index (χ3v) is 8.74. The molecule has 1 aromatic rings. The van der Waals surface area contributed by atoms with Crippen LogP contribution in [0.1, 0.15) is 43.5 Å². The van der Waals surface area contributed by atoms with Crippen LogP contribution in [0, 0.1) is 5.92 Å². The number of aliphatic hydroxyl groups excluding tert-OH is 3. The van der Waals surface area contributed by atoms with Gasteiger partial charge in [0.15, 0.2) is 0 Å². The van der Waals surface area contributed by atoms with Crippen LogP contribution in [0.2, 0.25) is 0 Å². The number of hydrogen-bond donors (Lipinski definition) is 6. The second-order valence-corrected chi connectivity index (χ2v) is 11.8. The van der Waals surface area contributed by atoms with Crippen LogP contribution in [0.3, 0.4) is 0 Å². The Morgan fingerprint density at radius 2 is 1.98 bits per heavy atom. The predicted molar refractivity (Wildman–Crippen MR) is 150 cm³/mol. The van der Waals surface area contributed by atoms with E-state index in [-0.39, 0.29) is 35.6 Å². The number of aromatic hydroxyl groups is 1. The van der Waals surface area contributed by atoms with Gasteiger partial charge in [0, 0.05) is 31.2 Å². The lowest BCUT2D eigenvalue weighted by Gasteiger charge is -2.44. The van der Waals surface area contributed by atoms with Gasteiger partial charge in [0.1, 0.15) is 47.8 Å². The zero-order valence-electron chi connectivity index (χ0n) is 23.4. The van der Waals surface area contributed by atoms with Crippen LogP contribution in [-0.4, -0.2) is 118 Å². The van der Waals surface area contributed by atoms with Crippen LogP contribution < -0.4 is 11.1 Å². The maximum Gasteiger partial charge on any atom is 0.341 e. The van der Waals surface area contributed by atoms with E-state index in [9.17, 15) is 30.0 Å². The molecule has 226 valence electrons. The van der Waals surface area contributed by atoms with Crippen LogP contribution in [0.5, 0.6) is 5.75 Å². The normalized spacial score (nSPS) is 30.5. The van der Waals surface area contributed by atoms with Crippen LogP contribution in [0.15, 0.2) is 18.2 Å². The fraction of sp³-hybridized carbons (Fsp3) is 0.704. The van der Waals surface area contributed by atoms with Gasteiger partial charge >= 0.3 is 5.97 Å². The fourth-order valence-corrected chi connectivity index (χ4v) is 6.29. The van der Waals surface area contributed by atoms with E-state index in [4.69, 9.17) is 19.9 Å². The van der Waals surface area contributed by atoms with Gasteiger partial charge in [-0.15, -0.1) is 11.8 Å². The number of amides is 1. The number of phenols is 1. The smallest absolute Gasteiger partial charge is 0.341 e. The number of methoxy groups -OCH3 is 1. The molecule has 1 aromatic carbocycles. The van der Waals surface area contributed by atoms with Crippen molar-refractivity contribution in [3.8, 4) is 5.75 Å². The minimum absolute atomic E-state index is 0.0344. The van der Waals surface area contributed by atoms with E-state index in [2.05, 4.69) is 12.2 Å². The summed E-state index contributed by atoms with van der Waals surface area (Å²) in [5.74, 6) is -0.647. The van der Waals surface area contributed by atoms with Gasteiger partial charge in [-0.05, 0) is 44.9 Å². The number of rotatable bonds is 12. The van der Waals surface area contributed by atoms with Crippen LogP contribution in [0.25, 0.3) is 0 Å². The van der Waals surface area contributed by atoms with Gasteiger partial charge in [0.25, 0.3) is 0 Å². The Kier molecular flexibility index (Phi) is 11.9. The Balaban J connectivity index is 1.63. The molecule has 2 saturated heterocycles. The molecular weight excluding hydrogens is 542 g/mol. The summed E-state index contributed by atoms with van der Waals surface area (Å²) in [6.45, 7) is 4.59. The van der Waals surface area contributed by atoms with Crippen molar-refractivity contribution < 1.29 is 44.2 Å². The highest BCUT2D eigenvalue weighted by molar-refractivity contribution is 7.99. The quantitative estimate of drug-likeness (QED) is 0.112. The number of benzene rings is 1. The molecule has 0 radical (unpaired) electrons. The molecular formula is C27H43N3O9S. The zero-order valence-corrected chi connectivity index (χ0v) is 24.3. The molecule has 2 fully saturated rings. The third kappa shape index (κ3) is 7.78. The monoisotopic (exact) mass is 585 g/mol.